The number of thiophene rings is 1. The van der Waals surface area contributed by atoms with Gasteiger partial charge in [0.2, 0.25) is 0 Å². The average molecular weight is 347 g/mol. The molecule has 24 heavy (non-hydrogen) atoms. The first-order valence-electron chi connectivity index (χ1n) is 8.54. The van der Waals surface area contributed by atoms with Gasteiger partial charge < -0.3 is 5.32 Å². The Morgan fingerprint density at radius 3 is 2.88 bits per heavy atom. The molecular weight excluding hydrogens is 322 g/mol. The van der Waals surface area contributed by atoms with Gasteiger partial charge in [0.1, 0.15) is 12.2 Å². The predicted molar refractivity (Wildman–Crippen MR) is 94.9 cm³/mol. The van der Waals surface area contributed by atoms with Crippen LogP contribution in [0.2, 0.25) is 0 Å². The molecule has 2 aromatic heterocycles. The zero-order chi connectivity index (χ0) is 16.9. The van der Waals surface area contributed by atoms with Crippen LogP contribution >= 0.6 is 11.3 Å². The number of nitrogens with one attached hydrogen (secondary N) is 1. The molecule has 0 radical (unpaired) electrons. The molecule has 6 nitrogen and oxygen atoms in total. The Bertz CT molecular complexity index is 644. The van der Waals surface area contributed by atoms with Crippen molar-refractivity contribution in [3.63, 3.8) is 0 Å². The first kappa shape index (κ1) is 17.1. The van der Waals surface area contributed by atoms with E-state index in [-0.39, 0.29) is 11.9 Å². The van der Waals surface area contributed by atoms with E-state index in [4.69, 9.17) is 0 Å². The third-order valence-corrected chi connectivity index (χ3v) is 4.99. The Hall–Kier alpha value is -1.73. The molecule has 1 amide bonds. The third kappa shape index (κ3) is 4.42. The van der Waals surface area contributed by atoms with Crippen molar-refractivity contribution in [1.82, 2.24) is 25.0 Å². The van der Waals surface area contributed by atoms with Crippen LogP contribution in [0.3, 0.4) is 0 Å². The maximum absolute atomic E-state index is 12.1. The topological polar surface area (TPSA) is 63.1 Å². The summed E-state index contributed by atoms with van der Waals surface area (Å²) in [6, 6.07) is 2.14. The zero-order valence-electron chi connectivity index (χ0n) is 14.3. The van der Waals surface area contributed by atoms with Crippen LogP contribution in [-0.2, 0) is 13.1 Å². The van der Waals surface area contributed by atoms with E-state index in [9.17, 15) is 4.79 Å². The summed E-state index contributed by atoms with van der Waals surface area (Å²) in [6.45, 7) is 8.06. The molecule has 7 heteroatoms. The largest absolute Gasteiger partial charge is 0.349 e. The lowest BCUT2D eigenvalue weighted by Gasteiger charge is -2.32. The first-order chi connectivity index (χ1) is 11.6. The minimum atomic E-state index is 0.0476. The minimum Gasteiger partial charge on any atom is -0.349 e. The Kier molecular flexibility index (Phi) is 5.63. The number of nitrogens with zero attached hydrogens (tertiary/aromatic N) is 4. The molecule has 0 spiro atoms. The number of aromatic nitrogens is 3. The summed E-state index contributed by atoms with van der Waals surface area (Å²) in [5.74, 6) is 1.64. The molecule has 0 atom stereocenters. The molecule has 0 aliphatic carbocycles. The van der Waals surface area contributed by atoms with Crippen LogP contribution in [0.1, 0.15) is 42.9 Å². The van der Waals surface area contributed by atoms with Crippen molar-refractivity contribution in [2.75, 3.05) is 13.1 Å². The highest BCUT2D eigenvalue weighted by Gasteiger charge is 2.22. The molecule has 0 bridgehead atoms. The van der Waals surface area contributed by atoms with E-state index in [1.165, 1.54) is 0 Å². The van der Waals surface area contributed by atoms with Crippen LogP contribution in [0.4, 0.5) is 0 Å². The summed E-state index contributed by atoms with van der Waals surface area (Å²) in [6.07, 6.45) is 3.61. The molecule has 1 fully saturated rings. The van der Waals surface area contributed by atoms with Crippen LogP contribution in [0.15, 0.2) is 23.2 Å². The van der Waals surface area contributed by atoms with Gasteiger partial charge in [-0.15, -0.1) is 0 Å². The maximum Gasteiger partial charge on any atom is 0.252 e. The van der Waals surface area contributed by atoms with Crippen LogP contribution in [0.25, 0.3) is 0 Å². The molecule has 1 aliphatic heterocycles. The van der Waals surface area contributed by atoms with Gasteiger partial charge in [-0.25, -0.2) is 9.67 Å². The van der Waals surface area contributed by atoms with Gasteiger partial charge in [-0.2, -0.15) is 16.4 Å². The summed E-state index contributed by atoms with van der Waals surface area (Å²) in [5.41, 5.74) is 0.768. The number of carbonyl (C=O) groups is 1. The van der Waals surface area contributed by atoms with E-state index in [1.54, 1.807) is 17.7 Å². The minimum absolute atomic E-state index is 0.0476. The summed E-state index contributed by atoms with van der Waals surface area (Å²) >= 11 is 1.55. The molecule has 0 saturated carbocycles. The van der Waals surface area contributed by atoms with Crippen molar-refractivity contribution in [2.45, 2.75) is 45.8 Å². The average Bonchev–Trinajstić information content (AvgIpc) is 3.21. The first-order valence-corrected chi connectivity index (χ1v) is 9.48. The Balaban J connectivity index is 1.47. The van der Waals surface area contributed by atoms with Gasteiger partial charge in [-0.1, -0.05) is 13.8 Å². The second-order valence-corrected chi connectivity index (χ2v) is 7.57. The molecule has 1 N–H and O–H groups in total. The normalized spacial score (nSPS) is 16.6. The number of piperidine rings is 1. The highest BCUT2D eigenvalue weighted by molar-refractivity contribution is 7.08. The number of hydrogen-bond donors (Lipinski definition) is 1. The second-order valence-electron chi connectivity index (χ2n) is 6.79. The van der Waals surface area contributed by atoms with Crippen LogP contribution in [0, 0.1) is 5.92 Å². The monoisotopic (exact) mass is 347 g/mol. The number of rotatable bonds is 6. The van der Waals surface area contributed by atoms with Crippen LogP contribution in [0.5, 0.6) is 0 Å². The van der Waals surface area contributed by atoms with Gasteiger partial charge in [0.05, 0.1) is 6.54 Å². The van der Waals surface area contributed by atoms with E-state index in [1.807, 2.05) is 21.5 Å². The molecule has 2 aromatic rings. The highest BCUT2D eigenvalue weighted by atomic mass is 32.1. The molecule has 0 unspecified atom stereocenters. The zero-order valence-corrected chi connectivity index (χ0v) is 15.1. The van der Waals surface area contributed by atoms with E-state index in [2.05, 4.69) is 34.1 Å². The van der Waals surface area contributed by atoms with Gasteiger partial charge in [0.15, 0.2) is 0 Å². The number of likely N-dealkylation sites (tertiary alicyclic amines) is 1. The SMILES string of the molecule is CC(C)Cn1ncnc1CN1CCC(NC(=O)c2ccsc2)CC1. The maximum atomic E-state index is 12.1. The van der Waals surface area contributed by atoms with Crippen molar-refractivity contribution in [1.29, 1.82) is 0 Å². The molecule has 130 valence electrons. The lowest BCUT2D eigenvalue weighted by Crippen LogP contribution is -2.44. The lowest BCUT2D eigenvalue weighted by molar-refractivity contribution is 0.0908. The summed E-state index contributed by atoms with van der Waals surface area (Å²) in [4.78, 5) is 18.9. The van der Waals surface area contributed by atoms with E-state index in [0.717, 1.165) is 50.4 Å². The van der Waals surface area contributed by atoms with Crippen molar-refractivity contribution >= 4 is 17.2 Å². The summed E-state index contributed by atoms with van der Waals surface area (Å²) < 4.78 is 2.01. The molecule has 3 heterocycles. The van der Waals surface area contributed by atoms with Gasteiger partial charge in [0, 0.05) is 36.6 Å². The molecular formula is C17H25N5OS. The summed E-state index contributed by atoms with van der Waals surface area (Å²) in [7, 11) is 0. The highest BCUT2D eigenvalue weighted by Crippen LogP contribution is 2.15. The van der Waals surface area contributed by atoms with Gasteiger partial charge in [-0.3, -0.25) is 9.69 Å². The predicted octanol–water partition coefficient (Wildman–Crippen LogP) is 2.39. The molecule has 1 saturated heterocycles. The Labute approximate surface area is 146 Å². The number of amides is 1. The van der Waals surface area contributed by atoms with Crippen molar-refractivity contribution in [3.8, 4) is 0 Å². The fraction of sp³-hybridized carbons (Fsp3) is 0.588. The second kappa shape index (κ2) is 7.90. The quantitative estimate of drug-likeness (QED) is 0.871. The molecule has 1 aliphatic rings. The fourth-order valence-electron chi connectivity index (χ4n) is 3.01. The van der Waals surface area contributed by atoms with Crippen molar-refractivity contribution in [2.24, 2.45) is 5.92 Å². The van der Waals surface area contributed by atoms with Gasteiger partial charge >= 0.3 is 0 Å². The third-order valence-electron chi connectivity index (χ3n) is 4.31. The van der Waals surface area contributed by atoms with Crippen molar-refractivity contribution in [3.05, 3.63) is 34.5 Å². The molecule has 0 aromatic carbocycles. The lowest BCUT2D eigenvalue weighted by atomic mass is 10.0. The van der Waals surface area contributed by atoms with Crippen molar-refractivity contribution < 1.29 is 4.79 Å². The number of hydrogen-bond acceptors (Lipinski definition) is 5. The summed E-state index contributed by atoms with van der Waals surface area (Å²) in [5, 5.41) is 11.3. The van der Waals surface area contributed by atoms with Gasteiger partial charge in [-0.05, 0) is 30.2 Å². The van der Waals surface area contributed by atoms with E-state index >= 15 is 0 Å². The number of carbonyl (C=O) groups excluding carboxylic acids is 1. The Morgan fingerprint density at radius 1 is 1.42 bits per heavy atom. The smallest absolute Gasteiger partial charge is 0.252 e. The fourth-order valence-corrected chi connectivity index (χ4v) is 3.64. The van der Waals surface area contributed by atoms with Gasteiger partial charge in [0.25, 0.3) is 5.91 Å². The van der Waals surface area contributed by atoms with Crippen LogP contribution < -0.4 is 5.32 Å². The standard InChI is InChI=1S/C17H25N5OS/c1-13(2)9-22-16(18-12-19-22)10-21-6-3-15(4-7-21)20-17(23)14-5-8-24-11-14/h5,8,11-13,15H,3-4,6-7,9-10H2,1-2H3,(H,20,23). The molecule has 3 rings (SSSR count). The van der Waals surface area contributed by atoms with Crippen LogP contribution in [-0.4, -0.2) is 44.7 Å². The Morgan fingerprint density at radius 2 is 2.21 bits per heavy atom. The van der Waals surface area contributed by atoms with E-state index < -0.39 is 0 Å². The van der Waals surface area contributed by atoms with E-state index in [0.29, 0.717) is 5.92 Å².